The first kappa shape index (κ1) is 10.1. The van der Waals surface area contributed by atoms with E-state index >= 15 is 0 Å². The van der Waals surface area contributed by atoms with Gasteiger partial charge in [-0.15, -0.1) is 0 Å². The first-order valence-electron chi connectivity index (χ1n) is 5.00. The number of benzene rings is 1. The molecule has 0 bridgehead atoms. The molecule has 0 saturated carbocycles. The summed E-state index contributed by atoms with van der Waals surface area (Å²) in [6.07, 6.45) is 1.20. The average molecular weight is 177 g/mol. The molecule has 2 N–H and O–H groups in total. The number of hydrogen-bond acceptors (Lipinski definition) is 1. The molecule has 1 heteroatoms. The second-order valence-corrected chi connectivity index (χ2v) is 3.93. The maximum absolute atomic E-state index is 5.64. The Morgan fingerprint density at radius 2 is 1.69 bits per heavy atom. The molecular weight excluding hydrogens is 158 g/mol. The van der Waals surface area contributed by atoms with Gasteiger partial charge in [0.1, 0.15) is 0 Å². The zero-order chi connectivity index (χ0) is 9.84. The fourth-order valence-corrected chi connectivity index (χ4v) is 1.84. The Morgan fingerprint density at radius 3 is 2.08 bits per heavy atom. The van der Waals surface area contributed by atoms with Crippen LogP contribution in [0.2, 0.25) is 0 Å². The lowest BCUT2D eigenvalue weighted by molar-refractivity contribution is 0.485. The van der Waals surface area contributed by atoms with Gasteiger partial charge in [-0.3, -0.25) is 0 Å². The molecule has 0 fully saturated rings. The van der Waals surface area contributed by atoms with E-state index in [1.807, 2.05) is 12.1 Å². The topological polar surface area (TPSA) is 26.0 Å². The minimum atomic E-state index is 0.667. The van der Waals surface area contributed by atoms with Crippen LogP contribution in [0, 0.1) is 5.92 Å². The van der Waals surface area contributed by atoms with Crippen molar-refractivity contribution in [2.45, 2.75) is 33.1 Å². The van der Waals surface area contributed by atoms with Crippen molar-refractivity contribution in [3.8, 4) is 0 Å². The molecule has 0 aromatic heterocycles. The molecule has 0 aliphatic rings. The van der Waals surface area contributed by atoms with Crippen LogP contribution in [0.4, 0.5) is 5.69 Å². The number of anilines is 1. The van der Waals surface area contributed by atoms with Gasteiger partial charge in [0.15, 0.2) is 0 Å². The van der Waals surface area contributed by atoms with Crippen molar-refractivity contribution in [3.05, 3.63) is 29.8 Å². The van der Waals surface area contributed by atoms with Crippen molar-refractivity contribution >= 4 is 5.69 Å². The Bertz CT molecular complexity index is 248. The maximum Gasteiger partial charge on any atom is 0.0314 e. The molecule has 1 rings (SSSR count). The quantitative estimate of drug-likeness (QED) is 0.703. The monoisotopic (exact) mass is 177 g/mol. The van der Waals surface area contributed by atoms with E-state index in [0.29, 0.717) is 11.8 Å². The minimum Gasteiger partial charge on any atom is -0.399 e. The van der Waals surface area contributed by atoms with Crippen molar-refractivity contribution in [2.24, 2.45) is 5.92 Å². The van der Waals surface area contributed by atoms with E-state index in [-0.39, 0.29) is 0 Å². The van der Waals surface area contributed by atoms with Gasteiger partial charge in [0.25, 0.3) is 0 Å². The largest absolute Gasteiger partial charge is 0.399 e. The van der Waals surface area contributed by atoms with Crippen molar-refractivity contribution in [3.63, 3.8) is 0 Å². The number of nitrogens with two attached hydrogens (primary N) is 1. The van der Waals surface area contributed by atoms with Gasteiger partial charge in [0.2, 0.25) is 0 Å². The van der Waals surface area contributed by atoms with Crippen LogP contribution >= 0.6 is 0 Å². The van der Waals surface area contributed by atoms with Crippen molar-refractivity contribution in [2.75, 3.05) is 5.73 Å². The standard InChI is InChI=1S/C12H19N/c1-4-12(9(2)3)10-5-7-11(13)8-6-10/h5-9,12H,4,13H2,1-3H3. The van der Waals surface area contributed by atoms with E-state index in [1.165, 1.54) is 12.0 Å². The summed E-state index contributed by atoms with van der Waals surface area (Å²) < 4.78 is 0. The molecule has 0 aliphatic carbocycles. The van der Waals surface area contributed by atoms with E-state index in [1.54, 1.807) is 0 Å². The Labute approximate surface area is 81.0 Å². The van der Waals surface area contributed by atoms with E-state index < -0.39 is 0 Å². The summed E-state index contributed by atoms with van der Waals surface area (Å²) in [5, 5.41) is 0. The van der Waals surface area contributed by atoms with Crippen LogP contribution in [0.25, 0.3) is 0 Å². The lowest BCUT2D eigenvalue weighted by atomic mass is 9.86. The van der Waals surface area contributed by atoms with E-state index in [0.717, 1.165) is 5.69 Å². The zero-order valence-electron chi connectivity index (χ0n) is 8.75. The molecule has 0 radical (unpaired) electrons. The third kappa shape index (κ3) is 2.48. The van der Waals surface area contributed by atoms with Crippen LogP contribution in [0.1, 0.15) is 38.7 Å². The fourth-order valence-electron chi connectivity index (χ4n) is 1.84. The van der Waals surface area contributed by atoms with Gasteiger partial charge in [0, 0.05) is 5.69 Å². The van der Waals surface area contributed by atoms with Crippen LogP contribution in [0.3, 0.4) is 0 Å². The highest BCUT2D eigenvalue weighted by Gasteiger charge is 2.12. The Hall–Kier alpha value is -0.980. The van der Waals surface area contributed by atoms with E-state index in [2.05, 4.69) is 32.9 Å². The normalized spacial score (nSPS) is 13.2. The lowest BCUT2D eigenvalue weighted by Gasteiger charge is -2.19. The summed E-state index contributed by atoms with van der Waals surface area (Å²) in [5.74, 6) is 1.37. The molecule has 1 aromatic rings. The highest BCUT2D eigenvalue weighted by atomic mass is 14.5. The first-order chi connectivity index (χ1) is 6.15. The van der Waals surface area contributed by atoms with Crippen LogP contribution in [0.5, 0.6) is 0 Å². The van der Waals surface area contributed by atoms with E-state index in [4.69, 9.17) is 5.73 Å². The Morgan fingerprint density at radius 1 is 1.15 bits per heavy atom. The highest BCUT2D eigenvalue weighted by molar-refractivity contribution is 5.40. The van der Waals surface area contributed by atoms with Gasteiger partial charge in [-0.05, 0) is 36.0 Å². The molecular formula is C12H19N. The zero-order valence-corrected chi connectivity index (χ0v) is 8.75. The summed E-state index contributed by atoms with van der Waals surface area (Å²) in [5.41, 5.74) is 7.90. The SMILES string of the molecule is CCC(c1ccc(N)cc1)C(C)C. The van der Waals surface area contributed by atoms with Crippen molar-refractivity contribution < 1.29 is 0 Å². The summed E-state index contributed by atoms with van der Waals surface area (Å²) in [6, 6.07) is 8.26. The summed E-state index contributed by atoms with van der Waals surface area (Å²) >= 11 is 0. The van der Waals surface area contributed by atoms with Crippen molar-refractivity contribution in [1.29, 1.82) is 0 Å². The predicted molar refractivity (Wildman–Crippen MR) is 58.7 cm³/mol. The van der Waals surface area contributed by atoms with Gasteiger partial charge in [-0.25, -0.2) is 0 Å². The Balaban J connectivity index is 2.86. The fraction of sp³-hybridized carbons (Fsp3) is 0.500. The molecule has 72 valence electrons. The van der Waals surface area contributed by atoms with Crippen molar-refractivity contribution in [1.82, 2.24) is 0 Å². The van der Waals surface area contributed by atoms with Gasteiger partial charge < -0.3 is 5.73 Å². The minimum absolute atomic E-state index is 0.667. The van der Waals surface area contributed by atoms with Gasteiger partial charge >= 0.3 is 0 Å². The predicted octanol–water partition coefficient (Wildman–Crippen LogP) is 3.42. The number of hydrogen-bond donors (Lipinski definition) is 1. The summed E-state index contributed by atoms with van der Waals surface area (Å²) in [4.78, 5) is 0. The molecule has 1 nitrogen and oxygen atoms in total. The molecule has 13 heavy (non-hydrogen) atoms. The smallest absolute Gasteiger partial charge is 0.0314 e. The Kier molecular flexibility index (Phi) is 3.35. The second-order valence-electron chi connectivity index (χ2n) is 3.93. The average Bonchev–Trinajstić information content (AvgIpc) is 2.09. The molecule has 0 heterocycles. The summed E-state index contributed by atoms with van der Waals surface area (Å²) in [6.45, 7) is 6.77. The summed E-state index contributed by atoms with van der Waals surface area (Å²) in [7, 11) is 0. The number of rotatable bonds is 3. The molecule has 0 aliphatic heterocycles. The third-order valence-corrected chi connectivity index (χ3v) is 2.61. The molecule has 1 unspecified atom stereocenters. The van der Waals surface area contributed by atoms with Crippen LogP contribution < -0.4 is 5.73 Å². The van der Waals surface area contributed by atoms with Crippen LogP contribution in [-0.2, 0) is 0 Å². The van der Waals surface area contributed by atoms with E-state index in [9.17, 15) is 0 Å². The molecule has 1 atom stereocenters. The first-order valence-corrected chi connectivity index (χ1v) is 5.00. The van der Waals surface area contributed by atoms with Crippen LogP contribution in [0.15, 0.2) is 24.3 Å². The highest BCUT2D eigenvalue weighted by Crippen LogP contribution is 2.27. The molecule has 0 saturated heterocycles. The van der Waals surface area contributed by atoms with Gasteiger partial charge in [-0.1, -0.05) is 32.9 Å². The van der Waals surface area contributed by atoms with Gasteiger partial charge in [-0.2, -0.15) is 0 Å². The van der Waals surface area contributed by atoms with Gasteiger partial charge in [0.05, 0.1) is 0 Å². The molecule has 0 spiro atoms. The third-order valence-electron chi connectivity index (χ3n) is 2.61. The molecule has 1 aromatic carbocycles. The van der Waals surface area contributed by atoms with Crippen LogP contribution in [-0.4, -0.2) is 0 Å². The second kappa shape index (κ2) is 4.31. The number of nitrogen functional groups attached to an aromatic ring is 1. The maximum atomic E-state index is 5.64. The lowest BCUT2D eigenvalue weighted by Crippen LogP contribution is -2.05. The molecule has 0 amide bonds.